The van der Waals surface area contributed by atoms with Crippen molar-refractivity contribution >= 4 is 0 Å². The topological polar surface area (TPSA) is 104 Å². The first kappa shape index (κ1) is 36.3. The van der Waals surface area contributed by atoms with Crippen LogP contribution in [0.5, 0.6) is 0 Å². The lowest BCUT2D eigenvalue weighted by molar-refractivity contribution is -0.598. The van der Waals surface area contributed by atoms with Gasteiger partial charge in [-0.15, -0.1) is 0 Å². The second-order valence-electron chi connectivity index (χ2n) is 17.3. The molecule has 0 aromatic rings. The van der Waals surface area contributed by atoms with Crippen LogP contribution in [-0.2, 0) is 48.0 Å². The average Bonchev–Trinajstić information content (AvgIpc) is 3.42. The largest absolute Gasteiger partial charge is 0.443 e. The van der Waals surface area contributed by atoms with Gasteiger partial charge < -0.3 is 33.7 Å². The SMILES string of the molecule is C[C@@H]1CC[C@H]2[C@@H](C)[C@@](C)(OCCNCCO[C@@]3(C(F)(F)F)O[C@@H]4O[C@@]5(C)CC[C@H]6[C@H](C)CC[C@@H]([C@H]3C)[C@@]46OO5)O[C@@H]3O[C@]4(C)CC[C@@H]1[C@]32OO4. The van der Waals surface area contributed by atoms with E-state index in [2.05, 4.69) is 26.1 Å². The second kappa shape index (κ2) is 12.2. The van der Waals surface area contributed by atoms with Crippen LogP contribution < -0.4 is 5.32 Å². The van der Waals surface area contributed by atoms with E-state index in [1.165, 1.54) is 0 Å². The van der Waals surface area contributed by atoms with Gasteiger partial charge in [-0.25, -0.2) is 19.6 Å². The maximum Gasteiger partial charge on any atom is 0.443 e. The molecule has 286 valence electrons. The molecule has 16 atom stereocenters. The van der Waals surface area contributed by atoms with Gasteiger partial charge in [-0.2, -0.15) is 13.2 Å². The van der Waals surface area contributed by atoms with Crippen LogP contribution in [0.15, 0.2) is 0 Å². The van der Waals surface area contributed by atoms with Crippen molar-refractivity contribution in [2.24, 2.45) is 47.3 Å². The van der Waals surface area contributed by atoms with E-state index in [1.807, 2.05) is 13.8 Å². The van der Waals surface area contributed by atoms with E-state index in [4.69, 9.17) is 48.0 Å². The maximum atomic E-state index is 15.1. The van der Waals surface area contributed by atoms with Crippen LogP contribution in [0.3, 0.4) is 0 Å². The predicted molar refractivity (Wildman–Crippen MR) is 168 cm³/mol. The zero-order chi connectivity index (χ0) is 35.5. The van der Waals surface area contributed by atoms with Gasteiger partial charge >= 0.3 is 6.18 Å². The molecule has 0 radical (unpaired) electrons. The third kappa shape index (κ3) is 5.16. The van der Waals surface area contributed by atoms with Crippen molar-refractivity contribution in [2.75, 3.05) is 26.3 Å². The zero-order valence-corrected chi connectivity index (χ0v) is 30.5. The number of nitrogens with one attached hydrogen (secondary N) is 1. The minimum absolute atomic E-state index is 0.0212. The van der Waals surface area contributed by atoms with Crippen molar-refractivity contribution in [2.45, 2.75) is 153 Å². The molecule has 2 aliphatic carbocycles. The Balaban J connectivity index is 0.901. The fraction of sp³-hybridized carbons (Fsp3) is 1.00. The maximum absolute atomic E-state index is 15.1. The first-order valence-electron chi connectivity index (χ1n) is 19.0. The average molecular weight is 720 g/mol. The van der Waals surface area contributed by atoms with E-state index >= 15 is 13.2 Å². The van der Waals surface area contributed by atoms with E-state index in [0.717, 1.165) is 38.5 Å². The molecule has 10 aliphatic rings. The lowest BCUT2D eigenvalue weighted by Gasteiger charge is -2.62. The van der Waals surface area contributed by atoms with Crippen LogP contribution >= 0.6 is 0 Å². The van der Waals surface area contributed by atoms with E-state index < -0.39 is 64.9 Å². The van der Waals surface area contributed by atoms with Gasteiger partial charge in [-0.05, 0) is 83.0 Å². The van der Waals surface area contributed by atoms with Crippen molar-refractivity contribution in [1.29, 1.82) is 0 Å². The normalized spacial score (nSPS) is 55.6. The van der Waals surface area contributed by atoms with Crippen molar-refractivity contribution in [3.05, 3.63) is 0 Å². The van der Waals surface area contributed by atoms with Gasteiger partial charge in [-0.3, -0.25) is 0 Å². The Morgan fingerprint density at radius 3 is 1.64 bits per heavy atom. The lowest BCUT2D eigenvalue weighted by Crippen LogP contribution is -2.76. The molecular formula is C36H56F3NO10. The molecular weight excluding hydrogens is 663 g/mol. The molecule has 4 bridgehead atoms. The Morgan fingerprint density at radius 2 is 1.10 bits per heavy atom. The molecule has 10 rings (SSSR count). The molecule has 11 nitrogen and oxygen atoms in total. The van der Waals surface area contributed by atoms with Gasteiger partial charge in [0.05, 0.1) is 13.2 Å². The number of alkyl halides is 3. The molecule has 50 heavy (non-hydrogen) atoms. The monoisotopic (exact) mass is 719 g/mol. The van der Waals surface area contributed by atoms with Crippen molar-refractivity contribution in [3.8, 4) is 0 Å². The summed E-state index contributed by atoms with van der Waals surface area (Å²) in [5, 5.41) is 3.19. The van der Waals surface area contributed by atoms with E-state index in [9.17, 15) is 0 Å². The molecule has 2 saturated carbocycles. The molecule has 10 fully saturated rings. The highest BCUT2D eigenvalue weighted by molar-refractivity contribution is 5.13. The molecule has 0 amide bonds. The third-order valence-corrected chi connectivity index (χ3v) is 14.5. The highest BCUT2D eigenvalue weighted by Crippen LogP contribution is 2.65. The van der Waals surface area contributed by atoms with Gasteiger partial charge in [0, 0.05) is 49.6 Å². The Kier molecular flexibility index (Phi) is 8.85. The quantitative estimate of drug-likeness (QED) is 0.224. The lowest BCUT2D eigenvalue weighted by atomic mass is 9.57. The van der Waals surface area contributed by atoms with Crippen LogP contribution in [-0.4, -0.2) is 79.4 Å². The van der Waals surface area contributed by atoms with Gasteiger partial charge in [0.2, 0.25) is 11.6 Å². The summed E-state index contributed by atoms with van der Waals surface area (Å²) in [7, 11) is 0. The number of fused-ring (bicyclic) bond motifs is 4. The molecule has 1 N–H and O–H groups in total. The van der Waals surface area contributed by atoms with Crippen LogP contribution in [0.2, 0.25) is 0 Å². The molecule has 2 spiro atoms. The number of hydrogen-bond donors (Lipinski definition) is 1. The number of halogens is 3. The standard InChI is InChI=1S/C36H56F3NO10/c1-20-8-10-26-22(3)32(7,45-28-33(26)24(20)12-14-30(5,43-28)47-49-33)41-18-16-40-17-19-42-35(36(37,38)39)23(4)27-11-9-21(2)25-13-15-31(6)44-29(46-35)34(25,27)50-48-31/h20-29,40H,8-19H2,1-7H3/t20-,21-,22-,23-,24+,25+,26+,27+,28+,29+,30+,31-,32+,33-,34-,35-/m1/s1. The zero-order valence-electron chi connectivity index (χ0n) is 30.5. The Labute approximate surface area is 293 Å². The fourth-order valence-electron chi connectivity index (χ4n) is 11.5. The smallest absolute Gasteiger partial charge is 0.348 e. The van der Waals surface area contributed by atoms with E-state index in [0.29, 0.717) is 25.3 Å². The molecule has 8 saturated heterocycles. The Bertz CT molecular complexity index is 1300. The number of rotatable bonds is 8. The summed E-state index contributed by atoms with van der Waals surface area (Å²) in [6.45, 7) is 14.2. The van der Waals surface area contributed by atoms with Crippen LogP contribution in [0, 0.1) is 47.3 Å². The van der Waals surface area contributed by atoms with E-state index in [-0.39, 0.29) is 49.3 Å². The van der Waals surface area contributed by atoms with Crippen LogP contribution in [0.4, 0.5) is 13.2 Å². The molecule has 8 aliphatic heterocycles. The predicted octanol–water partition coefficient (Wildman–Crippen LogP) is 6.35. The minimum Gasteiger partial charge on any atom is -0.348 e. The van der Waals surface area contributed by atoms with Gasteiger partial charge in [0.1, 0.15) is 0 Å². The van der Waals surface area contributed by atoms with Gasteiger partial charge in [-0.1, -0.05) is 27.7 Å². The van der Waals surface area contributed by atoms with Crippen molar-refractivity contribution in [1.82, 2.24) is 5.32 Å². The van der Waals surface area contributed by atoms with Crippen LogP contribution in [0.25, 0.3) is 0 Å². The first-order valence-corrected chi connectivity index (χ1v) is 19.0. The molecule has 0 aromatic carbocycles. The van der Waals surface area contributed by atoms with Gasteiger partial charge in [0.25, 0.3) is 5.79 Å². The highest BCUT2D eigenvalue weighted by Gasteiger charge is 2.77. The summed E-state index contributed by atoms with van der Waals surface area (Å²) in [5.74, 6) is -6.48. The first-order chi connectivity index (χ1) is 23.5. The summed E-state index contributed by atoms with van der Waals surface area (Å²) < 4.78 is 82.9. The van der Waals surface area contributed by atoms with E-state index in [1.54, 1.807) is 13.8 Å². The van der Waals surface area contributed by atoms with Gasteiger partial charge in [0.15, 0.2) is 29.6 Å². The number of ether oxygens (including phenoxy) is 6. The summed E-state index contributed by atoms with van der Waals surface area (Å²) in [6.07, 6.45) is -0.446. The summed E-state index contributed by atoms with van der Waals surface area (Å²) >= 11 is 0. The highest BCUT2D eigenvalue weighted by atomic mass is 19.4. The van der Waals surface area contributed by atoms with Crippen molar-refractivity contribution < 1.29 is 61.1 Å². The molecule has 0 aromatic heterocycles. The third-order valence-electron chi connectivity index (χ3n) is 14.5. The Hall–Kier alpha value is -0.650. The minimum atomic E-state index is -4.81. The molecule has 14 heteroatoms. The summed E-state index contributed by atoms with van der Waals surface area (Å²) in [6, 6.07) is 0. The molecule has 0 unspecified atom stereocenters. The van der Waals surface area contributed by atoms with Crippen molar-refractivity contribution in [3.63, 3.8) is 0 Å². The van der Waals surface area contributed by atoms with Crippen LogP contribution in [0.1, 0.15) is 99.8 Å². The number of hydrogen-bond acceptors (Lipinski definition) is 11. The second-order valence-corrected chi connectivity index (χ2v) is 17.3. The summed E-state index contributed by atoms with van der Waals surface area (Å²) in [4.78, 5) is 24.0. The molecule has 8 heterocycles. The summed E-state index contributed by atoms with van der Waals surface area (Å²) in [5.41, 5.74) is -1.81. The Morgan fingerprint density at radius 1 is 0.600 bits per heavy atom. The fourth-order valence-corrected chi connectivity index (χ4v) is 11.5.